The van der Waals surface area contributed by atoms with Crippen molar-refractivity contribution in [1.29, 1.82) is 0 Å². The van der Waals surface area contributed by atoms with Crippen LogP contribution in [-0.2, 0) is 0 Å². The zero-order valence-electron chi connectivity index (χ0n) is 9.24. The van der Waals surface area contributed by atoms with Crippen molar-refractivity contribution in [3.63, 3.8) is 0 Å². The fraction of sp³-hybridized carbons (Fsp3) is 1.00. The molecular formula is C12H22IO2+. The molecule has 0 aliphatic heterocycles. The molecule has 0 spiro atoms. The standard InChI is InChI=1S/C12H22IO2/c14-11-5-1-9(2-6-11)13-10-3-7-12(15)8-4-10/h9-12,14-15H,1-8H2/q+1. The second kappa shape index (κ2) is 5.82. The summed E-state index contributed by atoms with van der Waals surface area (Å²) >= 11 is 0.321. The average Bonchev–Trinajstić information content (AvgIpc) is 2.25. The van der Waals surface area contributed by atoms with Crippen LogP contribution >= 0.6 is 0 Å². The van der Waals surface area contributed by atoms with Crippen LogP contribution < -0.4 is 21.2 Å². The van der Waals surface area contributed by atoms with E-state index in [-0.39, 0.29) is 12.2 Å². The molecule has 0 aromatic heterocycles. The molecule has 2 nitrogen and oxygen atoms in total. The Labute approximate surface area is 103 Å². The minimum atomic E-state index is -0.00145. The molecule has 2 rings (SSSR count). The van der Waals surface area contributed by atoms with Crippen molar-refractivity contribution in [3.8, 4) is 0 Å². The van der Waals surface area contributed by atoms with Crippen LogP contribution in [0.3, 0.4) is 0 Å². The van der Waals surface area contributed by atoms with E-state index in [2.05, 4.69) is 0 Å². The predicted molar refractivity (Wildman–Crippen MR) is 56.5 cm³/mol. The molecule has 0 radical (unpaired) electrons. The monoisotopic (exact) mass is 325 g/mol. The van der Waals surface area contributed by atoms with Gasteiger partial charge >= 0.3 is 0 Å². The molecule has 0 bridgehead atoms. The van der Waals surface area contributed by atoms with E-state index in [4.69, 9.17) is 0 Å². The lowest BCUT2D eigenvalue weighted by molar-refractivity contribution is -0.726. The van der Waals surface area contributed by atoms with Gasteiger partial charge in [0.1, 0.15) is 0 Å². The molecule has 0 aromatic rings. The van der Waals surface area contributed by atoms with Crippen molar-refractivity contribution in [2.24, 2.45) is 0 Å². The number of hydrogen-bond acceptors (Lipinski definition) is 2. The molecule has 0 unspecified atom stereocenters. The van der Waals surface area contributed by atoms with E-state index >= 15 is 0 Å². The first-order valence-electron chi connectivity index (χ1n) is 6.22. The van der Waals surface area contributed by atoms with Gasteiger partial charge in [0.2, 0.25) is 0 Å². The summed E-state index contributed by atoms with van der Waals surface area (Å²) in [7, 11) is 0. The number of halogens is 1. The number of rotatable bonds is 2. The Kier molecular flexibility index (Phi) is 4.70. The first-order valence-corrected chi connectivity index (χ1v) is 8.71. The van der Waals surface area contributed by atoms with E-state index in [0.717, 1.165) is 33.5 Å². The van der Waals surface area contributed by atoms with Gasteiger partial charge in [-0.05, 0) is 51.4 Å². The van der Waals surface area contributed by atoms with Crippen molar-refractivity contribution in [3.05, 3.63) is 0 Å². The van der Waals surface area contributed by atoms with Crippen molar-refractivity contribution < 1.29 is 31.4 Å². The van der Waals surface area contributed by atoms with Gasteiger partial charge in [0.15, 0.2) is 7.85 Å². The van der Waals surface area contributed by atoms with Gasteiger partial charge in [0.05, 0.1) is 12.2 Å². The lowest BCUT2D eigenvalue weighted by Gasteiger charge is -2.22. The molecule has 3 heteroatoms. The highest BCUT2D eigenvalue weighted by atomic mass is 127. The molecular weight excluding hydrogens is 303 g/mol. The van der Waals surface area contributed by atoms with Gasteiger partial charge in [-0.1, -0.05) is 0 Å². The number of aliphatic hydroxyl groups excluding tert-OH is 2. The van der Waals surface area contributed by atoms with E-state index < -0.39 is 0 Å². The van der Waals surface area contributed by atoms with Gasteiger partial charge < -0.3 is 10.2 Å². The topological polar surface area (TPSA) is 40.5 Å². The molecule has 2 fully saturated rings. The summed E-state index contributed by atoms with van der Waals surface area (Å²) in [6, 6.07) is 0. The third kappa shape index (κ3) is 3.86. The van der Waals surface area contributed by atoms with Crippen LogP contribution in [0.15, 0.2) is 0 Å². The van der Waals surface area contributed by atoms with Crippen molar-refractivity contribution >= 4 is 0 Å². The zero-order valence-corrected chi connectivity index (χ0v) is 11.4. The molecule has 2 saturated carbocycles. The third-order valence-electron chi connectivity index (χ3n) is 3.61. The maximum atomic E-state index is 9.45. The molecule has 0 amide bonds. The SMILES string of the molecule is OC1CCC([I+]C2CCC(O)CC2)CC1. The molecule has 0 aromatic carbocycles. The van der Waals surface area contributed by atoms with E-state index in [0.29, 0.717) is 21.2 Å². The molecule has 2 aliphatic carbocycles. The Morgan fingerprint density at radius 3 is 1.27 bits per heavy atom. The van der Waals surface area contributed by atoms with E-state index in [9.17, 15) is 10.2 Å². The van der Waals surface area contributed by atoms with Crippen LogP contribution in [0.25, 0.3) is 0 Å². The quantitative estimate of drug-likeness (QED) is 0.489. The number of hydrogen-bond donors (Lipinski definition) is 2. The first kappa shape index (κ1) is 12.1. The highest BCUT2D eigenvalue weighted by molar-refractivity contribution is 4.73. The van der Waals surface area contributed by atoms with Crippen LogP contribution in [0.1, 0.15) is 51.4 Å². The molecule has 0 atom stereocenters. The Balaban J connectivity index is 1.68. The summed E-state index contributed by atoms with van der Waals surface area (Å²) in [4.78, 5) is 0. The smallest absolute Gasteiger partial charge is 0.275 e. The molecule has 15 heavy (non-hydrogen) atoms. The van der Waals surface area contributed by atoms with Gasteiger partial charge in [-0.15, -0.1) is 0 Å². The van der Waals surface area contributed by atoms with Crippen molar-refractivity contribution in [2.45, 2.75) is 71.4 Å². The summed E-state index contributed by atoms with van der Waals surface area (Å²) in [6.45, 7) is 0. The van der Waals surface area contributed by atoms with Crippen LogP contribution in [0.5, 0.6) is 0 Å². The Morgan fingerprint density at radius 2 is 0.933 bits per heavy atom. The highest BCUT2D eigenvalue weighted by Gasteiger charge is 2.36. The summed E-state index contributed by atoms with van der Waals surface area (Å²) in [6.07, 6.45) is 9.25. The molecule has 0 heterocycles. The van der Waals surface area contributed by atoms with Crippen LogP contribution in [0, 0.1) is 0 Å². The lowest BCUT2D eigenvalue weighted by Crippen LogP contribution is -3.68. The normalized spacial score (nSPS) is 42.8. The van der Waals surface area contributed by atoms with Crippen LogP contribution in [-0.4, -0.2) is 30.3 Å². The van der Waals surface area contributed by atoms with E-state index in [1.807, 2.05) is 0 Å². The van der Waals surface area contributed by atoms with Crippen LogP contribution in [0.4, 0.5) is 0 Å². The van der Waals surface area contributed by atoms with E-state index in [1.165, 1.54) is 25.7 Å². The molecule has 88 valence electrons. The molecule has 2 aliphatic rings. The summed E-state index contributed by atoms with van der Waals surface area (Å²) in [5.74, 6) is 0. The number of alkyl halides is 2. The second-order valence-electron chi connectivity index (χ2n) is 4.94. The van der Waals surface area contributed by atoms with Gasteiger partial charge in [-0.3, -0.25) is 0 Å². The average molecular weight is 325 g/mol. The molecule has 2 N–H and O–H groups in total. The minimum Gasteiger partial charge on any atom is -0.393 e. The predicted octanol–water partition coefficient (Wildman–Crippen LogP) is -1.32. The Hall–Kier alpha value is 0.650. The summed E-state index contributed by atoms with van der Waals surface area (Å²) in [5.41, 5.74) is 0. The number of aliphatic hydroxyl groups is 2. The first-order chi connectivity index (χ1) is 7.24. The molecule has 0 saturated heterocycles. The van der Waals surface area contributed by atoms with Gasteiger partial charge in [0, 0.05) is 0 Å². The van der Waals surface area contributed by atoms with Crippen LogP contribution in [0.2, 0.25) is 0 Å². The summed E-state index contributed by atoms with van der Waals surface area (Å²) in [5, 5.41) is 18.9. The third-order valence-corrected chi connectivity index (χ3v) is 8.13. The highest BCUT2D eigenvalue weighted by Crippen LogP contribution is 2.17. The maximum absolute atomic E-state index is 9.45. The van der Waals surface area contributed by atoms with E-state index in [1.54, 1.807) is 0 Å². The fourth-order valence-corrected chi connectivity index (χ4v) is 6.89. The summed E-state index contributed by atoms with van der Waals surface area (Å²) < 4.78 is 1.93. The van der Waals surface area contributed by atoms with Gasteiger partial charge in [-0.2, -0.15) is 0 Å². The largest absolute Gasteiger partial charge is 0.393 e. The zero-order chi connectivity index (χ0) is 10.7. The fourth-order valence-electron chi connectivity index (χ4n) is 2.57. The van der Waals surface area contributed by atoms with Gasteiger partial charge in [0.25, 0.3) is 21.2 Å². The minimum absolute atomic E-state index is 0.00145. The van der Waals surface area contributed by atoms with Gasteiger partial charge in [-0.25, -0.2) is 0 Å². The lowest BCUT2D eigenvalue weighted by atomic mass is 9.98. The van der Waals surface area contributed by atoms with Crippen molar-refractivity contribution in [2.75, 3.05) is 0 Å². The van der Waals surface area contributed by atoms with Crippen molar-refractivity contribution in [1.82, 2.24) is 0 Å². The second-order valence-corrected chi connectivity index (χ2v) is 9.18. The maximum Gasteiger partial charge on any atom is 0.275 e. The Bertz CT molecular complexity index is 162. The Morgan fingerprint density at radius 1 is 0.600 bits per heavy atom.